The van der Waals surface area contributed by atoms with E-state index in [1.165, 1.54) is 12.1 Å². The highest BCUT2D eigenvalue weighted by Gasteiger charge is 2.33. The van der Waals surface area contributed by atoms with Gasteiger partial charge in [-0.15, -0.1) is 0 Å². The Balaban J connectivity index is 1.88. The Morgan fingerprint density at radius 2 is 2.13 bits per heavy atom. The maximum absolute atomic E-state index is 12.7. The Labute approximate surface area is 137 Å². The fourth-order valence-corrected chi connectivity index (χ4v) is 3.73. The summed E-state index contributed by atoms with van der Waals surface area (Å²) < 4.78 is 5.40. The van der Waals surface area contributed by atoms with Gasteiger partial charge in [0.15, 0.2) is 0 Å². The molecule has 23 heavy (non-hydrogen) atoms. The molecule has 1 fully saturated rings. The van der Waals surface area contributed by atoms with Crippen molar-refractivity contribution in [1.29, 1.82) is 0 Å². The first kappa shape index (κ1) is 15.5. The van der Waals surface area contributed by atoms with Gasteiger partial charge in [0.1, 0.15) is 5.75 Å². The van der Waals surface area contributed by atoms with Crippen LogP contribution in [-0.2, 0) is 0 Å². The summed E-state index contributed by atoms with van der Waals surface area (Å²) in [5.41, 5.74) is 0.979. The highest BCUT2D eigenvalue weighted by Crippen LogP contribution is 2.38. The number of hydrogen-bond acceptors (Lipinski definition) is 5. The first-order valence-corrected chi connectivity index (χ1v) is 8.11. The second-order valence-electron chi connectivity index (χ2n) is 5.29. The molecule has 0 spiro atoms. The number of carbonyl (C=O) groups is 1. The van der Waals surface area contributed by atoms with E-state index in [9.17, 15) is 14.9 Å². The molecule has 6 nitrogen and oxygen atoms in total. The number of nitro groups is 1. The molecule has 1 aromatic carbocycles. The third kappa shape index (κ3) is 2.92. The Bertz CT molecular complexity index is 743. The third-order valence-corrected chi connectivity index (χ3v) is 5.02. The van der Waals surface area contributed by atoms with Gasteiger partial charge in [-0.3, -0.25) is 14.9 Å². The molecule has 0 radical (unpaired) electrons. The number of carbonyl (C=O) groups excluding carboxylic acids is 1. The largest absolute Gasteiger partial charge is 0.496 e. The van der Waals surface area contributed by atoms with Gasteiger partial charge >= 0.3 is 5.00 Å². The number of nitrogens with zero attached hydrogens (tertiary/aromatic N) is 2. The van der Waals surface area contributed by atoms with Gasteiger partial charge in [-0.05, 0) is 25.0 Å². The number of methoxy groups -OCH3 is 1. The first-order valence-electron chi connectivity index (χ1n) is 7.30. The van der Waals surface area contributed by atoms with Crippen molar-refractivity contribution < 1.29 is 14.5 Å². The fourth-order valence-electron chi connectivity index (χ4n) is 2.96. The van der Waals surface area contributed by atoms with E-state index < -0.39 is 4.92 Å². The molecule has 0 unspecified atom stereocenters. The SMILES string of the molecule is COc1ccccc1[C@H]1CCCN1C(=O)c1ccc([N+](=O)[O-])s1. The summed E-state index contributed by atoms with van der Waals surface area (Å²) in [6.45, 7) is 0.646. The zero-order chi connectivity index (χ0) is 16.4. The van der Waals surface area contributed by atoms with E-state index in [1.807, 2.05) is 24.3 Å². The predicted octanol–water partition coefficient (Wildman–Crippen LogP) is 3.64. The highest BCUT2D eigenvalue weighted by atomic mass is 32.1. The minimum Gasteiger partial charge on any atom is -0.496 e. The molecule has 7 heteroatoms. The van der Waals surface area contributed by atoms with Crippen molar-refractivity contribution in [2.75, 3.05) is 13.7 Å². The molecule has 1 aliphatic rings. The summed E-state index contributed by atoms with van der Waals surface area (Å²) in [7, 11) is 1.61. The minimum absolute atomic E-state index is 0.0126. The van der Waals surface area contributed by atoms with E-state index in [-0.39, 0.29) is 17.0 Å². The molecule has 0 saturated carbocycles. The summed E-state index contributed by atoms with van der Waals surface area (Å²) >= 11 is 0.922. The van der Waals surface area contributed by atoms with Gasteiger partial charge in [0, 0.05) is 18.2 Å². The van der Waals surface area contributed by atoms with Crippen molar-refractivity contribution in [2.45, 2.75) is 18.9 Å². The van der Waals surface area contributed by atoms with Gasteiger partial charge in [0.25, 0.3) is 5.91 Å². The molecule has 1 aliphatic heterocycles. The molecule has 0 aliphatic carbocycles. The smallest absolute Gasteiger partial charge is 0.324 e. The van der Waals surface area contributed by atoms with Gasteiger partial charge in [-0.2, -0.15) is 0 Å². The van der Waals surface area contributed by atoms with Crippen LogP contribution in [0.2, 0.25) is 0 Å². The molecule has 1 atom stereocenters. The Morgan fingerprint density at radius 1 is 1.35 bits per heavy atom. The average Bonchev–Trinajstić information content (AvgIpc) is 3.23. The number of para-hydroxylation sites is 1. The molecule has 2 aromatic rings. The van der Waals surface area contributed by atoms with Crippen LogP contribution >= 0.6 is 11.3 Å². The standard InChI is InChI=1S/C16H16N2O4S/c1-22-13-7-3-2-5-11(13)12-6-4-10-17(12)16(19)14-8-9-15(23-14)18(20)21/h2-3,5,7-9,12H,4,6,10H2,1H3/t12-/m1/s1. The monoisotopic (exact) mass is 332 g/mol. The van der Waals surface area contributed by atoms with E-state index in [1.54, 1.807) is 12.0 Å². The Morgan fingerprint density at radius 3 is 2.83 bits per heavy atom. The molecule has 1 saturated heterocycles. The molecule has 120 valence electrons. The zero-order valence-electron chi connectivity index (χ0n) is 12.6. The maximum Gasteiger partial charge on any atom is 0.324 e. The van der Waals surface area contributed by atoms with Crippen LogP contribution in [0.1, 0.15) is 34.1 Å². The number of ether oxygens (including phenoxy) is 1. The Hall–Kier alpha value is -2.41. The Kier molecular flexibility index (Phi) is 4.29. The lowest BCUT2D eigenvalue weighted by atomic mass is 10.0. The lowest BCUT2D eigenvalue weighted by molar-refractivity contribution is -0.380. The van der Waals surface area contributed by atoms with Crippen molar-refractivity contribution in [1.82, 2.24) is 4.90 Å². The van der Waals surface area contributed by atoms with Crippen molar-refractivity contribution in [2.24, 2.45) is 0 Å². The van der Waals surface area contributed by atoms with Gasteiger partial charge in [-0.25, -0.2) is 0 Å². The maximum atomic E-state index is 12.7. The van der Waals surface area contributed by atoms with Crippen LogP contribution in [0.5, 0.6) is 5.75 Å². The van der Waals surface area contributed by atoms with Gasteiger partial charge in [-0.1, -0.05) is 29.5 Å². The fraction of sp³-hybridized carbons (Fsp3) is 0.312. The molecular formula is C16H16N2O4S. The normalized spacial score (nSPS) is 17.3. The van der Waals surface area contributed by atoms with Crippen LogP contribution in [0.15, 0.2) is 36.4 Å². The number of thiophene rings is 1. The number of benzene rings is 1. The minimum atomic E-state index is -0.469. The quantitative estimate of drug-likeness (QED) is 0.633. The second kappa shape index (κ2) is 6.37. The molecule has 2 heterocycles. The molecule has 1 amide bonds. The van der Waals surface area contributed by atoms with Gasteiger partial charge < -0.3 is 9.64 Å². The van der Waals surface area contributed by atoms with Crippen molar-refractivity contribution >= 4 is 22.2 Å². The number of hydrogen-bond donors (Lipinski definition) is 0. The van der Waals surface area contributed by atoms with E-state index >= 15 is 0 Å². The van der Waals surface area contributed by atoms with Crippen LogP contribution in [-0.4, -0.2) is 29.4 Å². The van der Waals surface area contributed by atoms with Gasteiger partial charge in [0.05, 0.1) is 23.0 Å². The lowest BCUT2D eigenvalue weighted by Gasteiger charge is -2.25. The first-order chi connectivity index (χ1) is 11.1. The number of amides is 1. The van der Waals surface area contributed by atoms with E-state index in [0.717, 1.165) is 35.5 Å². The van der Waals surface area contributed by atoms with Crippen LogP contribution in [0.3, 0.4) is 0 Å². The van der Waals surface area contributed by atoms with Crippen LogP contribution in [0.25, 0.3) is 0 Å². The van der Waals surface area contributed by atoms with Gasteiger partial charge in [0.2, 0.25) is 0 Å². The van der Waals surface area contributed by atoms with E-state index in [4.69, 9.17) is 4.74 Å². The van der Waals surface area contributed by atoms with E-state index in [2.05, 4.69) is 0 Å². The van der Waals surface area contributed by atoms with Crippen LogP contribution in [0.4, 0.5) is 5.00 Å². The number of rotatable bonds is 4. The summed E-state index contributed by atoms with van der Waals surface area (Å²) in [6, 6.07) is 10.5. The summed E-state index contributed by atoms with van der Waals surface area (Å²) in [4.78, 5) is 25.3. The third-order valence-electron chi connectivity index (χ3n) is 3.99. The van der Waals surface area contributed by atoms with Crippen molar-refractivity contribution in [3.8, 4) is 5.75 Å². The average molecular weight is 332 g/mol. The highest BCUT2D eigenvalue weighted by molar-refractivity contribution is 7.17. The number of likely N-dealkylation sites (tertiary alicyclic amines) is 1. The predicted molar refractivity (Wildman–Crippen MR) is 87.0 cm³/mol. The molecular weight excluding hydrogens is 316 g/mol. The van der Waals surface area contributed by atoms with Crippen LogP contribution < -0.4 is 4.74 Å². The summed E-state index contributed by atoms with van der Waals surface area (Å²) in [5.74, 6) is 0.603. The van der Waals surface area contributed by atoms with Crippen molar-refractivity contribution in [3.63, 3.8) is 0 Å². The summed E-state index contributed by atoms with van der Waals surface area (Å²) in [6.07, 6.45) is 1.77. The zero-order valence-corrected chi connectivity index (χ0v) is 13.4. The molecule has 1 aromatic heterocycles. The topological polar surface area (TPSA) is 72.7 Å². The summed E-state index contributed by atoms with van der Waals surface area (Å²) in [5, 5.41) is 10.8. The second-order valence-corrected chi connectivity index (χ2v) is 6.36. The lowest BCUT2D eigenvalue weighted by Crippen LogP contribution is -2.30. The molecule has 3 rings (SSSR count). The molecule has 0 N–H and O–H groups in total. The van der Waals surface area contributed by atoms with Crippen molar-refractivity contribution in [3.05, 3.63) is 57.0 Å². The van der Waals surface area contributed by atoms with E-state index in [0.29, 0.717) is 11.4 Å². The van der Waals surface area contributed by atoms with Crippen LogP contribution in [0, 0.1) is 10.1 Å². The molecule has 0 bridgehead atoms.